The Labute approximate surface area is 198 Å². The molecule has 1 aliphatic rings. The summed E-state index contributed by atoms with van der Waals surface area (Å²) in [5, 5.41) is 13.9. The third kappa shape index (κ3) is 5.63. The van der Waals surface area contributed by atoms with Gasteiger partial charge in [0.1, 0.15) is 17.5 Å². The third-order valence-electron chi connectivity index (χ3n) is 5.19. The quantitative estimate of drug-likeness (QED) is 0.522. The second-order valence-corrected chi connectivity index (χ2v) is 10.1. The van der Waals surface area contributed by atoms with E-state index in [0.717, 1.165) is 33.4 Å². The van der Waals surface area contributed by atoms with Crippen molar-refractivity contribution in [2.45, 2.75) is 45.3 Å². The maximum absolute atomic E-state index is 12.5. The highest BCUT2D eigenvalue weighted by molar-refractivity contribution is 7.19. The van der Waals surface area contributed by atoms with Gasteiger partial charge in [-0.1, -0.05) is 30.0 Å². The van der Waals surface area contributed by atoms with Crippen molar-refractivity contribution >= 4 is 33.3 Å². The molecule has 3 heterocycles. The van der Waals surface area contributed by atoms with Gasteiger partial charge < -0.3 is 15.0 Å². The van der Waals surface area contributed by atoms with Gasteiger partial charge in [-0.3, -0.25) is 0 Å². The number of nitrogens with one attached hydrogen (secondary N) is 1. The molecule has 168 valence electrons. The molecule has 1 saturated heterocycles. The number of thiophene rings is 1. The SMILES string of the molecule is CC(C)(C)OC(=O)N1CCC[C@H](Nc2ncc(C#N)c3sc(C#Cc4ccccc4)cc23)C1. The number of aromatic nitrogens is 1. The molecule has 0 unspecified atom stereocenters. The smallest absolute Gasteiger partial charge is 0.410 e. The van der Waals surface area contributed by atoms with E-state index in [0.29, 0.717) is 24.5 Å². The van der Waals surface area contributed by atoms with Crippen molar-refractivity contribution in [2.75, 3.05) is 18.4 Å². The van der Waals surface area contributed by atoms with E-state index in [-0.39, 0.29) is 12.1 Å². The molecule has 0 aliphatic carbocycles. The standard InChI is InChI=1S/C26H26N4O2S/c1-26(2,3)32-25(31)30-13-7-10-20(17-30)29-24-22-14-21(12-11-18-8-5-4-6-9-18)33-23(22)19(15-27)16-28-24/h4-6,8-9,14,16,20H,7,10,13,17H2,1-3H3,(H,28,29)/t20-/m0/s1. The summed E-state index contributed by atoms with van der Waals surface area (Å²) in [5.74, 6) is 7.10. The molecule has 6 nitrogen and oxygen atoms in total. The molecule has 0 radical (unpaired) electrons. The number of hydrogen-bond donors (Lipinski definition) is 1. The first-order valence-electron chi connectivity index (χ1n) is 11.0. The summed E-state index contributed by atoms with van der Waals surface area (Å²) in [6.07, 6.45) is 3.12. The fourth-order valence-corrected chi connectivity index (χ4v) is 4.69. The molecule has 0 saturated carbocycles. The van der Waals surface area contributed by atoms with E-state index in [9.17, 15) is 10.1 Å². The first-order chi connectivity index (χ1) is 15.8. The number of carbonyl (C=O) groups excluding carboxylic acids is 1. The van der Waals surface area contributed by atoms with Gasteiger partial charge in [-0.2, -0.15) is 5.26 Å². The summed E-state index contributed by atoms with van der Waals surface area (Å²) >= 11 is 1.50. The van der Waals surface area contributed by atoms with Crippen LogP contribution in [0.25, 0.3) is 10.1 Å². The van der Waals surface area contributed by atoms with E-state index >= 15 is 0 Å². The van der Waals surface area contributed by atoms with Crippen LogP contribution in [0.5, 0.6) is 0 Å². The van der Waals surface area contributed by atoms with Crippen LogP contribution in [0.1, 0.15) is 49.6 Å². The molecule has 1 amide bonds. The molecule has 0 bridgehead atoms. The van der Waals surface area contributed by atoms with Gasteiger partial charge in [0.15, 0.2) is 0 Å². The van der Waals surface area contributed by atoms with Crippen molar-refractivity contribution in [1.29, 1.82) is 5.26 Å². The van der Waals surface area contributed by atoms with Crippen LogP contribution < -0.4 is 5.32 Å². The Morgan fingerprint density at radius 2 is 2.06 bits per heavy atom. The average molecular weight is 459 g/mol. The Bertz CT molecular complexity index is 1260. The number of piperidine rings is 1. The topological polar surface area (TPSA) is 78.2 Å². The normalized spacial score (nSPS) is 15.9. The summed E-state index contributed by atoms with van der Waals surface area (Å²) in [4.78, 5) is 19.7. The maximum Gasteiger partial charge on any atom is 0.410 e. The molecule has 7 heteroatoms. The lowest BCUT2D eigenvalue weighted by molar-refractivity contribution is 0.0206. The lowest BCUT2D eigenvalue weighted by Crippen LogP contribution is -2.47. The van der Waals surface area contributed by atoms with Gasteiger partial charge in [-0.05, 0) is 51.8 Å². The number of anilines is 1. The summed E-state index contributed by atoms with van der Waals surface area (Å²) in [7, 11) is 0. The zero-order chi connectivity index (χ0) is 23.4. The van der Waals surface area contributed by atoms with Crippen LogP contribution in [0.2, 0.25) is 0 Å². The summed E-state index contributed by atoms with van der Waals surface area (Å²) in [6, 6.07) is 14.1. The van der Waals surface area contributed by atoms with Crippen molar-refractivity contribution in [2.24, 2.45) is 0 Å². The Hall–Kier alpha value is -3.55. The minimum absolute atomic E-state index is 0.0497. The average Bonchev–Trinajstić information content (AvgIpc) is 3.22. The number of fused-ring (bicyclic) bond motifs is 1. The number of rotatable bonds is 2. The molecule has 4 rings (SSSR count). The van der Waals surface area contributed by atoms with E-state index < -0.39 is 5.60 Å². The number of pyridine rings is 1. The zero-order valence-electron chi connectivity index (χ0n) is 19.0. The van der Waals surface area contributed by atoms with Gasteiger partial charge in [-0.15, -0.1) is 11.3 Å². The molecule has 33 heavy (non-hydrogen) atoms. The molecule has 0 spiro atoms. The van der Waals surface area contributed by atoms with Crippen LogP contribution in [0.3, 0.4) is 0 Å². The number of hydrogen-bond acceptors (Lipinski definition) is 6. The monoisotopic (exact) mass is 458 g/mol. The molecule has 3 aromatic rings. The Kier molecular flexibility index (Phi) is 6.53. The van der Waals surface area contributed by atoms with Gasteiger partial charge in [-0.25, -0.2) is 9.78 Å². The lowest BCUT2D eigenvalue weighted by Gasteiger charge is -2.34. The minimum Gasteiger partial charge on any atom is -0.444 e. The molecule has 1 atom stereocenters. The van der Waals surface area contributed by atoms with Gasteiger partial charge >= 0.3 is 6.09 Å². The number of likely N-dealkylation sites (tertiary alicyclic amines) is 1. The van der Waals surface area contributed by atoms with Crippen LogP contribution in [0, 0.1) is 23.2 Å². The van der Waals surface area contributed by atoms with E-state index in [1.807, 2.05) is 57.2 Å². The Morgan fingerprint density at radius 3 is 2.79 bits per heavy atom. The third-order valence-corrected chi connectivity index (χ3v) is 6.28. The molecular formula is C26H26N4O2S. The van der Waals surface area contributed by atoms with Crippen molar-refractivity contribution in [3.63, 3.8) is 0 Å². The van der Waals surface area contributed by atoms with Crippen LogP contribution in [-0.4, -0.2) is 40.7 Å². The fourth-order valence-electron chi connectivity index (χ4n) is 3.72. The summed E-state index contributed by atoms with van der Waals surface area (Å²) in [6.45, 7) is 6.84. The molecule has 1 N–H and O–H groups in total. The van der Waals surface area contributed by atoms with Crippen molar-refractivity contribution in [3.8, 4) is 17.9 Å². The van der Waals surface area contributed by atoms with Gasteiger partial charge in [0.05, 0.1) is 15.1 Å². The van der Waals surface area contributed by atoms with Crippen LogP contribution in [0.15, 0.2) is 42.6 Å². The van der Waals surface area contributed by atoms with E-state index in [4.69, 9.17) is 4.74 Å². The number of carbonyl (C=O) groups is 1. The summed E-state index contributed by atoms with van der Waals surface area (Å²) < 4.78 is 6.40. The molecule has 1 fully saturated rings. The zero-order valence-corrected chi connectivity index (χ0v) is 19.8. The lowest BCUT2D eigenvalue weighted by atomic mass is 10.1. The number of nitrogens with zero attached hydrogens (tertiary/aromatic N) is 3. The highest BCUT2D eigenvalue weighted by Gasteiger charge is 2.28. The molecule has 1 aliphatic heterocycles. The maximum atomic E-state index is 12.5. The van der Waals surface area contributed by atoms with Gasteiger partial charge in [0, 0.05) is 36.3 Å². The first kappa shape index (κ1) is 22.6. The molecular weight excluding hydrogens is 432 g/mol. The van der Waals surface area contributed by atoms with Crippen molar-refractivity contribution in [1.82, 2.24) is 9.88 Å². The van der Waals surface area contributed by atoms with Gasteiger partial charge in [0.2, 0.25) is 0 Å². The second-order valence-electron chi connectivity index (χ2n) is 9.01. The number of ether oxygens (including phenoxy) is 1. The fraction of sp³-hybridized carbons (Fsp3) is 0.346. The van der Waals surface area contributed by atoms with Crippen molar-refractivity contribution in [3.05, 3.63) is 58.6 Å². The minimum atomic E-state index is -0.522. The second kappa shape index (κ2) is 9.52. The number of amides is 1. The number of benzene rings is 1. The molecule has 1 aromatic carbocycles. The van der Waals surface area contributed by atoms with Crippen LogP contribution in [0.4, 0.5) is 10.6 Å². The Balaban J connectivity index is 1.57. The van der Waals surface area contributed by atoms with E-state index in [1.54, 1.807) is 11.1 Å². The Morgan fingerprint density at radius 1 is 1.27 bits per heavy atom. The van der Waals surface area contributed by atoms with Crippen LogP contribution >= 0.6 is 11.3 Å². The summed E-state index contributed by atoms with van der Waals surface area (Å²) in [5.41, 5.74) is 0.954. The van der Waals surface area contributed by atoms with E-state index in [1.165, 1.54) is 11.3 Å². The molecule has 2 aromatic heterocycles. The van der Waals surface area contributed by atoms with Gasteiger partial charge in [0.25, 0.3) is 0 Å². The predicted molar refractivity (Wildman–Crippen MR) is 131 cm³/mol. The first-order valence-corrected chi connectivity index (χ1v) is 11.8. The highest BCUT2D eigenvalue weighted by atomic mass is 32.1. The largest absolute Gasteiger partial charge is 0.444 e. The predicted octanol–water partition coefficient (Wildman–Crippen LogP) is 5.38. The number of nitriles is 1. The highest BCUT2D eigenvalue weighted by Crippen LogP contribution is 2.33. The van der Waals surface area contributed by atoms with Crippen molar-refractivity contribution < 1.29 is 9.53 Å². The van der Waals surface area contributed by atoms with E-state index in [2.05, 4.69) is 28.2 Å². The van der Waals surface area contributed by atoms with Crippen LogP contribution in [-0.2, 0) is 4.74 Å².